The van der Waals surface area contributed by atoms with Crippen LogP contribution in [0.1, 0.15) is 6.42 Å². The second-order valence-electron chi connectivity index (χ2n) is 3.48. The Kier molecular flexibility index (Phi) is 4.28. The van der Waals surface area contributed by atoms with Crippen LogP contribution in [0.3, 0.4) is 0 Å². The summed E-state index contributed by atoms with van der Waals surface area (Å²) < 4.78 is 65.1. The van der Waals surface area contributed by atoms with Crippen LogP contribution in [-0.4, -0.2) is 20.1 Å². The van der Waals surface area contributed by atoms with E-state index in [1.807, 2.05) is 0 Å². The van der Waals surface area contributed by atoms with Crippen molar-refractivity contribution in [1.29, 1.82) is 0 Å². The summed E-state index contributed by atoms with van der Waals surface area (Å²) in [5, 5.41) is 0. The molecule has 1 aromatic carbocycles. The third kappa shape index (κ3) is 2.49. The molecule has 0 bridgehead atoms. The highest BCUT2D eigenvalue weighted by atomic mass is 19.2. The molecular formula is C10H11F5N2. The monoisotopic (exact) mass is 254 g/mol. The van der Waals surface area contributed by atoms with Crippen LogP contribution >= 0.6 is 0 Å². The largest absolute Gasteiger partial charge is 0.370 e. The summed E-state index contributed by atoms with van der Waals surface area (Å²) in [6.45, 7) is 0.342. The van der Waals surface area contributed by atoms with Crippen molar-refractivity contribution in [3.63, 3.8) is 0 Å². The molecule has 0 atom stereocenters. The molecule has 0 aliphatic heterocycles. The Morgan fingerprint density at radius 1 is 0.882 bits per heavy atom. The summed E-state index contributed by atoms with van der Waals surface area (Å²) >= 11 is 0. The zero-order valence-corrected chi connectivity index (χ0v) is 9.04. The van der Waals surface area contributed by atoms with E-state index in [1.54, 1.807) is 0 Å². The number of nitrogens with two attached hydrogens (primary N) is 1. The minimum atomic E-state index is -2.16. The summed E-state index contributed by atoms with van der Waals surface area (Å²) in [5.41, 5.74) is 4.26. The quantitative estimate of drug-likeness (QED) is 0.507. The van der Waals surface area contributed by atoms with Crippen LogP contribution in [0.5, 0.6) is 0 Å². The van der Waals surface area contributed by atoms with Crippen LogP contribution in [-0.2, 0) is 0 Å². The van der Waals surface area contributed by atoms with Gasteiger partial charge >= 0.3 is 0 Å². The predicted octanol–water partition coefficient (Wildman–Crippen LogP) is 2.17. The molecule has 2 nitrogen and oxygen atoms in total. The Morgan fingerprint density at radius 2 is 1.29 bits per heavy atom. The van der Waals surface area contributed by atoms with Gasteiger partial charge in [-0.2, -0.15) is 0 Å². The molecule has 17 heavy (non-hydrogen) atoms. The van der Waals surface area contributed by atoms with E-state index >= 15 is 0 Å². The van der Waals surface area contributed by atoms with Gasteiger partial charge in [0.2, 0.25) is 5.82 Å². The molecule has 0 fully saturated rings. The summed E-state index contributed by atoms with van der Waals surface area (Å²) in [5.74, 6) is -9.71. The van der Waals surface area contributed by atoms with Crippen molar-refractivity contribution in [2.24, 2.45) is 5.73 Å². The number of halogens is 5. The molecule has 2 N–H and O–H groups in total. The van der Waals surface area contributed by atoms with Crippen molar-refractivity contribution in [3.05, 3.63) is 29.1 Å². The molecule has 0 aliphatic carbocycles. The van der Waals surface area contributed by atoms with E-state index < -0.39 is 34.8 Å². The number of nitrogens with zero attached hydrogens (tertiary/aromatic N) is 1. The highest BCUT2D eigenvalue weighted by Crippen LogP contribution is 2.29. The second kappa shape index (κ2) is 5.31. The first-order chi connectivity index (χ1) is 7.91. The molecule has 0 saturated carbocycles. The first-order valence-electron chi connectivity index (χ1n) is 4.84. The molecule has 0 saturated heterocycles. The second-order valence-corrected chi connectivity index (χ2v) is 3.48. The number of anilines is 1. The number of hydrogen-bond donors (Lipinski definition) is 1. The van der Waals surface area contributed by atoms with Gasteiger partial charge in [-0.1, -0.05) is 0 Å². The fraction of sp³-hybridized carbons (Fsp3) is 0.400. The predicted molar refractivity (Wildman–Crippen MR) is 53.2 cm³/mol. The van der Waals surface area contributed by atoms with Gasteiger partial charge in [0.25, 0.3) is 0 Å². The molecule has 0 radical (unpaired) electrons. The summed E-state index contributed by atoms with van der Waals surface area (Å²) in [4.78, 5) is 0.948. The van der Waals surface area contributed by atoms with Crippen LogP contribution in [0.2, 0.25) is 0 Å². The van der Waals surface area contributed by atoms with Gasteiger partial charge in [0, 0.05) is 13.6 Å². The van der Waals surface area contributed by atoms with Gasteiger partial charge in [-0.3, -0.25) is 0 Å². The van der Waals surface area contributed by atoms with Crippen molar-refractivity contribution in [2.45, 2.75) is 6.42 Å². The number of rotatable bonds is 4. The topological polar surface area (TPSA) is 29.3 Å². The van der Waals surface area contributed by atoms with Crippen LogP contribution < -0.4 is 10.6 Å². The molecule has 96 valence electrons. The van der Waals surface area contributed by atoms with Crippen molar-refractivity contribution in [2.75, 3.05) is 25.0 Å². The average Bonchev–Trinajstić information content (AvgIpc) is 2.31. The maximum atomic E-state index is 13.3. The van der Waals surface area contributed by atoms with Gasteiger partial charge in [0.1, 0.15) is 5.69 Å². The van der Waals surface area contributed by atoms with Crippen molar-refractivity contribution < 1.29 is 22.0 Å². The Balaban J connectivity index is 3.24. The van der Waals surface area contributed by atoms with Gasteiger partial charge < -0.3 is 10.6 Å². The maximum Gasteiger partial charge on any atom is 0.200 e. The minimum Gasteiger partial charge on any atom is -0.370 e. The van der Waals surface area contributed by atoms with Crippen molar-refractivity contribution >= 4 is 5.69 Å². The van der Waals surface area contributed by atoms with Crippen LogP contribution in [0.15, 0.2) is 0 Å². The Labute approximate surface area is 94.8 Å². The SMILES string of the molecule is CN(CCCN)c1c(F)c(F)c(F)c(F)c1F. The molecule has 0 spiro atoms. The maximum absolute atomic E-state index is 13.3. The Morgan fingerprint density at radius 3 is 1.71 bits per heavy atom. The molecule has 0 unspecified atom stereocenters. The summed E-state index contributed by atoms with van der Waals surface area (Å²) in [7, 11) is 1.23. The fourth-order valence-corrected chi connectivity index (χ4v) is 1.37. The number of benzene rings is 1. The van der Waals surface area contributed by atoms with E-state index in [2.05, 4.69) is 0 Å². The van der Waals surface area contributed by atoms with Gasteiger partial charge in [-0.05, 0) is 13.0 Å². The molecule has 1 rings (SSSR count). The fourth-order valence-electron chi connectivity index (χ4n) is 1.37. The molecule has 0 heterocycles. The highest BCUT2D eigenvalue weighted by molar-refractivity contribution is 5.49. The third-order valence-electron chi connectivity index (χ3n) is 2.27. The molecule has 0 aromatic heterocycles. The molecule has 1 aromatic rings. The summed E-state index contributed by atoms with van der Waals surface area (Å²) in [6.07, 6.45) is 0.371. The number of hydrogen-bond acceptors (Lipinski definition) is 2. The third-order valence-corrected chi connectivity index (χ3v) is 2.27. The van der Waals surface area contributed by atoms with E-state index in [9.17, 15) is 22.0 Å². The van der Waals surface area contributed by atoms with E-state index in [-0.39, 0.29) is 13.1 Å². The molecular weight excluding hydrogens is 243 g/mol. The standard InChI is InChI=1S/C10H11F5N2/c1-17(4-2-3-16)10-8(14)6(12)5(11)7(13)9(10)15/h2-4,16H2,1H3. The lowest BCUT2D eigenvalue weighted by Gasteiger charge is -2.20. The zero-order chi connectivity index (χ0) is 13.2. The van der Waals surface area contributed by atoms with Crippen LogP contribution in [0, 0.1) is 29.1 Å². The van der Waals surface area contributed by atoms with Gasteiger partial charge in [0.15, 0.2) is 23.3 Å². The van der Waals surface area contributed by atoms with E-state index in [0.29, 0.717) is 6.42 Å². The summed E-state index contributed by atoms with van der Waals surface area (Å²) in [6, 6.07) is 0. The van der Waals surface area contributed by atoms with E-state index in [4.69, 9.17) is 5.73 Å². The van der Waals surface area contributed by atoms with Crippen LogP contribution in [0.4, 0.5) is 27.6 Å². The Bertz CT molecular complexity index is 393. The van der Waals surface area contributed by atoms with E-state index in [0.717, 1.165) is 4.90 Å². The first kappa shape index (κ1) is 13.7. The molecule has 0 aliphatic rings. The first-order valence-corrected chi connectivity index (χ1v) is 4.84. The lowest BCUT2D eigenvalue weighted by atomic mass is 10.2. The lowest BCUT2D eigenvalue weighted by Crippen LogP contribution is -2.24. The normalized spacial score (nSPS) is 10.8. The smallest absolute Gasteiger partial charge is 0.200 e. The Hall–Kier alpha value is -1.37. The van der Waals surface area contributed by atoms with Crippen molar-refractivity contribution in [1.82, 2.24) is 0 Å². The van der Waals surface area contributed by atoms with Crippen molar-refractivity contribution in [3.8, 4) is 0 Å². The average molecular weight is 254 g/mol. The van der Waals surface area contributed by atoms with E-state index in [1.165, 1.54) is 7.05 Å². The molecule has 7 heteroatoms. The van der Waals surface area contributed by atoms with Gasteiger partial charge in [-0.15, -0.1) is 0 Å². The van der Waals surface area contributed by atoms with Gasteiger partial charge in [-0.25, -0.2) is 22.0 Å². The van der Waals surface area contributed by atoms with Crippen LogP contribution in [0.25, 0.3) is 0 Å². The highest BCUT2D eigenvalue weighted by Gasteiger charge is 2.27. The van der Waals surface area contributed by atoms with Gasteiger partial charge in [0.05, 0.1) is 0 Å². The zero-order valence-electron chi connectivity index (χ0n) is 9.04. The minimum absolute atomic E-state index is 0.0921. The molecule has 0 amide bonds. The lowest BCUT2D eigenvalue weighted by molar-refractivity contribution is 0.379.